The zero-order valence-electron chi connectivity index (χ0n) is 13.0. The Morgan fingerprint density at radius 2 is 1.89 bits per heavy atom. The van der Waals surface area contributed by atoms with Crippen LogP contribution in [-0.4, -0.2) is 36.1 Å². The van der Waals surface area contributed by atoms with Gasteiger partial charge in [-0.1, -0.05) is 20.8 Å². The Balaban J connectivity index is 1.78. The van der Waals surface area contributed by atoms with E-state index >= 15 is 0 Å². The summed E-state index contributed by atoms with van der Waals surface area (Å²) < 4.78 is 0. The molecule has 3 nitrogen and oxygen atoms in total. The van der Waals surface area contributed by atoms with Gasteiger partial charge < -0.3 is 4.90 Å². The molecule has 0 spiro atoms. The number of rotatable bonds is 5. The molecular weight excluding hydrogens is 234 g/mol. The lowest BCUT2D eigenvalue weighted by Crippen LogP contribution is -2.45. The quantitative estimate of drug-likeness (QED) is 0.829. The summed E-state index contributed by atoms with van der Waals surface area (Å²) in [5, 5.41) is 12.9. The predicted octanol–water partition coefficient (Wildman–Crippen LogP) is 2.78. The molecule has 1 aliphatic carbocycles. The minimum Gasteiger partial charge on any atom is -0.303 e. The number of likely N-dealkylation sites (tertiary alicyclic amines) is 1. The van der Waals surface area contributed by atoms with Gasteiger partial charge in [-0.15, -0.1) is 0 Å². The summed E-state index contributed by atoms with van der Waals surface area (Å²) >= 11 is 0. The SMILES string of the molecule is CC(C#N)(CCN1CCC(C(C)(C)C)C1)NC1CC1. The zero-order chi connectivity index (χ0) is 14.1. The first-order valence-electron chi connectivity index (χ1n) is 7.74. The van der Waals surface area contributed by atoms with Crippen LogP contribution in [-0.2, 0) is 0 Å². The van der Waals surface area contributed by atoms with E-state index in [0.717, 1.165) is 18.9 Å². The molecule has 1 N–H and O–H groups in total. The van der Waals surface area contributed by atoms with E-state index in [2.05, 4.69) is 44.0 Å². The Labute approximate surface area is 118 Å². The summed E-state index contributed by atoms with van der Waals surface area (Å²) in [5.74, 6) is 0.803. The van der Waals surface area contributed by atoms with Crippen LogP contribution in [0, 0.1) is 22.7 Å². The van der Waals surface area contributed by atoms with E-state index in [-0.39, 0.29) is 5.54 Å². The van der Waals surface area contributed by atoms with Gasteiger partial charge in [-0.3, -0.25) is 5.32 Å². The average molecular weight is 263 g/mol. The molecule has 0 aromatic rings. The van der Waals surface area contributed by atoms with Crippen LogP contribution < -0.4 is 5.32 Å². The zero-order valence-corrected chi connectivity index (χ0v) is 13.0. The predicted molar refractivity (Wildman–Crippen MR) is 78.8 cm³/mol. The molecule has 3 heteroatoms. The Kier molecular flexibility index (Phi) is 4.23. The Morgan fingerprint density at radius 1 is 1.21 bits per heavy atom. The first-order chi connectivity index (χ1) is 8.82. The summed E-state index contributed by atoms with van der Waals surface area (Å²) in [6.45, 7) is 12.5. The van der Waals surface area contributed by atoms with Crippen LogP contribution in [0.3, 0.4) is 0 Å². The smallest absolute Gasteiger partial charge is 0.105 e. The number of hydrogen-bond acceptors (Lipinski definition) is 3. The van der Waals surface area contributed by atoms with Crippen molar-refractivity contribution in [1.29, 1.82) is 5.26 Å². The standard InChI is InChI=1S/C16H29N3/c1-15(2,3)13-7-9-19(11-13)10-8-16(4,12-17)18-14-5-6-14/h13-14,18H,5-11H2,1-4H3. The van der Waals surface area contributed by atoms with Crippen molar-refractivity contribution < 1.29 is 0 Å². The van der Waals surface area contributed by atoms with E-state index in [4.69, 9.17) is 0 Å². The third kappa shape index (κ3) is 4.19. The summed E-state index contributed by atoms with van der Waals surface area (Å²) in [6, 6.07) is 3.08. The van der Waals surface area contributed by atoms with Crippen LogP contribution in [0.4, 0.5) is 0 Å². The lowest BCUT2D eigenvalue weighted by molar-refractivity contribution is 0.220. The second-order valence-electron chi connectivity index (χ2n) is 7.76. The van der Waals surface area contributed by atoms with E-state index in [9.17, 15) is 5.26 Å². The van der Waals surface area contributed by atoms with Crippen LogP contribution in [0.1, 0.15) is 53.4 Å². The molecular formula is C16H29N3. The summed E-state index contributed by atoms with van der Waals surface area (Å²) in [4.78, 5) is 2.54. The van der Waals surface area contributed by atoms with Crippen LogP contribution in [0.15, 0.2) is 0 Å². The molecule has 19 heavy (non-hydrogen) atoms. The largest absolute Gasteiger partial charge is 0.303 e. The van der Waals surface area contributed by atoms with E-state index in [1.54, 1.807) is 0 Å². The fourth-order valence-corrected chi connectivity index (χ4v) is 2.96. The second kappa shape index (κ2) is 5.42. The summed E-state index contributed by atoms with van der Waals surface area (Å²) in [7, 11) is 0. The van der Waals surface area contributed by atoms with E-state index in [1.165, 1.54) is 32.4 Å². The molecule has 2 unspecified atom stereocenters. The molecule has 1 heterocycles. The van der Waals surface area contributed by atoms with Crippen LogP contribution in [0.25, 0.3) is 0 Å². The molecule has 0 bridgehead atoms. The highest BCUT2D eigenvalue weighted by Crippen LogP contribution is 2.34. The van der Waals surface area contributed by atoms with Gasteiger partial charge in [0.1, 0.15) is 5.54 Å². The molecule has 1 aliphatic heterocycles. The molecule has 2 rings (SSSR count). The molecule has 2 fully saturated rings. The van der Waals surface area contributed by atoms with Crippen molar-refractivity contribution in [2.24, 2.45) is 11.3 Å². The summed E-state index contributed by atoms with van der Waals surface area (Å²) in [5.41, 5.74) is 0.0839. The van der Waals surface area contributed by atoms with Crippen LogP contribution in [0.5, 0.6) is 0 Å². The maximum atomic E-state index is 9.39. The fraction of sp³-hybridized carbons (Fsp3) is 0.938. The monoisotopic (exact) mass is 263 g/mol. The van der Waals surface area contributed by atoms with Crippen molar-refractivity contribution >= 4 is 0 Å². The highest BCUT2D eigenvalue weighted by Gasteiger charge is 2.35. The van der Waals surface area contributed by atoms with Gasteiger partial charge in [-0.05, 0) is 50.5 Å². The third-order valence-corrected chi connectivity index (χ3v) is 4.77. The van der Waals surface area contributed by atoms with Crippen molar-refractivity contribution in [3.05, 3.63) is 0 Å². The van der Waals surface area contributed by atoms with Crippen molar-refractivity contribution in [3.8, 4) is 6.07 Å². The van der Waals surface area contributed by atoms with Gasteiger partial charge in [0.25, 0.3) is 0 Å². The van der Waals surface area contributed by atoms with E-state index < -0.39 is 0 Å². The number of nitrogens with zero attached hydrogens (tertiary/aromatic N) is 2. The topological polar surface area (TPSA) is 39.1 Å². The van der Waals surface area contributed by atoms with Gasteiger partial charge in [-0.25, -0.2) is 0 Å². The molecule has 0 radical (unpaired) electrons. The summed E-state index contributed by atoms with van der Waals surface area (Å²) in [6.07, 6.45) is 4.74. The van der Waals surface area contributed by atoms with Gasteiger partial charge in [0, 0.05) is 19.1 Å². The lowest BCUT2D eigenvalue weighted by Gasteiger charge is -2.29. The van der Waals surface area contributed by atoms with E-state index in [0.29, 0.717) is 11.5 Å². The second-order valence-corrected chi connectivity index (χ2v) is 7.76. The Morgan fingerprint density at radius 3 is 2.37 bits per heavy atom. The first-order valence-corrected chi connectivity index (χ1v) is 7.74. The maximum absolute atomic E-state index is 9.39. The van der Waals surface area contributed by atoms with Crippen molar-refractivity contribution in [1.82, 2.24) is 10.2 Å². The molecule has 2 atom stereocenters. The molecule has 0 amide bonds. The number of nitrogens with one attached hydrogen (secondary N) is 1. The Hall–Kier alpha value is -0.590. The highest BCUT2D eigenvalue weighted by molar-refractivity contribution is 5.07. The van der Waals surface area contributed by atoms with Crippen molar-refractivity contribution in [2.75, 3.05) is 19.6 Å². The van der Waals surface area contributed by atoms with E-state index in [1.807, 2.05) is 0 Å². The van der Waals surface area contributed by atoms with Gasteiger partial charge in [0.05, 0.1) is 6.07 Å². The fourth-order valence-electron chi connectivity index (χ4n) is 2.96. The normalized spacial score (nSPS) is 28.1. The highest BCUT2D eigenvalue weighted by atomic mass is 15.2. The van der Waals surface area contributed by atoms with Gasteiger partial charge >= 0.3 is 0 Å². The van der Waals surface area contributed by atoms with Crippen molar-refractivity contribution in [2.45, 2.75) is 65.0 Å². The Bertz CT molecular complexity index is 348. The molecule has 2 aliphatic rings. The van der Waals surface area contributed by atoms with Gasteiger partial charge in [-0.2, -0.15) is 5.26 Å². The van der Waals surface area contributed by atoms with Gasteiger partial charge in [0.15, 0.2) is 0 Å². The van der Waals surface area contributed by atoms with Crippen LogP contribution in [0.2, 0.25) is 0 Å². The van der Waals surface area contributed by atoms with Gasteiger partial charge in [0.2, 0.25) is 0 Å². The molecule has 0 aromatic carbocycles. The molecule has 0 aromatic heterocycles. The molecule has 1 saturated heterocycles. The third-order valence-electron chi connectivity index (χ3n) is 4.77. The maximum Gasteiger partial charge on any atom is 0.105 e. The minimum absolute atomic E-state index is 0.332. The molecule has 108 valence electrons. The first kappa shape index (κ1) is 14.8. The number of nitriles is 1. The lowest BCUT2D eigenvalue weighted by atomic mass is 9.80. The molecule has 1 saturated carbocycles. The average Bonchev–Trinajstić information content (AvgIpc) is 2.99. The minimum atomic E-state index is -0.332. The number of hydrogen-bond donors (Lipinski definition) is 1. The van der Waals surface area contributed by atoms with Crippen LogP contribution >= 0.6 is 0 Å². The van der Waals surface area contributed by atoms with Crippen molar-refractivity contribution in [3.63, 3.8) is 0 Å².